The maximum Gasteiger partial charge on any atom is 0.419 e. The van der Waals surface area contributed by atoms with Gasteiger partial charge in [-0.1, -0.05) is 12.7 Å². The standard InChI is InChI=1S/C20H23F3N6/c1-4-5-24-18-10-16(11-25-14(18)2)15(3)28-6-8-29(9-7-28)19-26-12-17(13-27-19)20(21,22)23/h4-5,10-13,15H,2,6-9H2,1,3H3/b5-4-,24-18?. The van der Waals surface area contributed by atoms with Gasteiger partial charge in [0.2, 0.25) is 5.95 Å². The molecule has 0 aromatic carbocycles. The molecule has 29 heavy (non-hydrogen) atoms. The van der Waals surface area contributed by atoms with Crippen molar-refractivity contribution < 1.29 is 13.2 Å². The number of rotatable bonds is 4. The van der Waals surface area contributed by atoms with Gasteiger partial charge in [0.05, 0.1) is 17.0 Å². The van der Waals surface area contributed by atoms with Crippen LogP contribution in [0, 0.1) is 0 Å². The van der Waals surface area contributed by atoms with Crippen LogP contribution in [-0.2, 0) is 6.18 Å². The van der Waals surface area contributed by atoms with Gasteiger partial charge in [0.1, 0.15) is 0 Å². The minimum Gasteiger partial charge on any atom is -0.338 e. The van der Waals surface area contributed by atoms with Crippen molar-refractivity contribution in [1.82, 2.24) is 14.9 Å². The van der Waals surface area contributed by atoms with Crippen molar-refractivity contribution in [2.45, 2.75) is 26.1 Å². The summed E-state index contributed by atoms with van der Waals surface area (Å²) in [6, 6.07) is 0.123. The summed E-state index contributed by atoms with van der Waals surface area (Å²) < 4.78 is 38.0. The molecule has 2 aliphatic rings. The van der Waals surface area contributed by atoms with Gasteiger partial charge in [-0.05, 0) is 25.5 Å². The van der Waals surface area contributed by atoms with E-state index in [9.17, 15) is 13.2 Å². The Bertz CT molecular complexity index is 859. The van der Waals surface area contributed by atoms with Crippen LogP contribution in [0.4, 0.5) is 19.1 Å². The second kappa shape index (κ2) is 8.69. The molecule has 0 aliphatic carbocycles. The number of anilines is 1. The first-order valence-corrected chi connectivity index (χ1v) is 9.31. The molecule has 1 aromatic heterocycles. The molecule has 154 valence electrons. The van der Waals surface area contributed by atoms with Crippen molar-refractivity contribution in [3.05, 3.63) is 54.2 Å². The number of piperazine rings is 1. The van der Waals surface area contributed by atoms with Crippen LogP contribution in [0.2, 0.25) is 0 Å². The Labute approximate surface area is 167 Å². The summed E-state index contributed by atoms with van der Waals surface area (Å²) in [7, 11) is 0. The Morgan fingerprint density at radius 2 is 1.83 bits per heavy atom. The Balaban J connectivity index is 1.63. The Hall–Kier alpha value is -2.81. The molecule has 0 saturated carbocycles. The SMILES string of the molecule is C=C1N=CC(C(C)N2CCN(c3ncc(C(F)(F)F)cn3)CC2)=CC1=N/C=C\C. The fourth-order valence-electron chi connectivity index (χ4n) is 3.14. The number of aliphatic imine (C=N–C) groups is 2. The van der Waals surface area contributed by atoms with Crippen LogP contribution < -0.4 is 4.90 Å². The Morgan fingerprint density at radius 3 is 2.41 bits per heavy atom. The molecule has 1 atom stereocenters. The normalized spacial score (nSPS) is 21.1. The molecule has 2 aliphatic heterocycles. The molecular weight excluding hydrogens is 381 g/mol. The lowest BCUT2D eigenvalue weighted by Crippen LogP contribution is -2.50. The highest BCUT2D eigenvalue weighted by Gasteiger charge is 2.32. The predicted octanol–water partition coefficient (Wildman–Crippen LogP) is 3.51. The molecule has 1 fully saturated rings. The van der Waals surface area contributed by atoms with Crippen molar-refractivity contribution >= 4 is 17.9 Å². The van der Waals surface area contributed by atoms with Gasteiger partial charge in [0.15, 0.2) is 0 Å². The highest BCUT2D eigenvalue weighted by Crippen LogP contribution is 2.28. The number of allylic oxidation sites excluding steroid dienone is 2. The Kier molecular flexibility index (Phi) is 6.26. The summed E-state index contributed by atoms with van der Waals surface area (Å²) >= 11 is 0. The molecular formula is C20H23F3N6. The first-order chi connectivity index (χ1) is 13.8. The van der Waals surface area contributed by atoms with Crippen molar-refractivity contribution in [2.24, 2.45) is 9.98 Å². The van der Waals surface area contributed by atoms with Gasteiger partial charge < -0.3 is 4.90 Å². The lowest BCUT2D eigenvalue weighted by Gasteiger charge is -2.38. The maximum absolute atomic E-state index is 12.7. The number of hydrogen-bond acceptors (Lipinski definition) is 6. The third kappa shape index (κ3) is 4.97. The van der Waals surface area contributed by atoms with Gasteiger partial charge >= 0.3 is 6.18 Å². The topological polar surface area (TPSA) is 57.0 Å². The van der Waals surface area contributed by atoms with Crippen LogP contribution in [0.25, 0.3) is 0 Å². The molecule has 3 heterocycles. The molecule has 9 heteroatoms. The molecule has 1 aromatic rings. The number of alkyl halides is 3. The number of aromatic nitrogens is 2. The van der Waals surface area contributed by atoms with E-state index in [1.807, 2.05) is 30.2 Å². The van der Waals surface area contributed by atoms with E-state index in [-0.39, 0.29) is 6.04 Å². The largest absolute Gasteiger partial charge is 0.419 e. The summed E-state index contributed by atoms with van der Waals surface area (Å²) in [4.78, 5) is 20.7. The van der Waals surface area contributed by atoms with Crippen molar-refractivity contribution in [3.8, 4) is 0 Å². The van der Waals surface area contributed by atoms with Gasteiger partial charge in [-0.2, -0.15) is 13.2 Å². The van der Waals surface area contributed by atoms with E-state index in [0.29, 0.717) is 24.7 Å². The summed E-state index contributed by atoms with van der Waals surface area (Å²) in [5.74, 6) is 0.320. The molecule has 6 nitrogen and oxygen atoms in total. The average Bonchev–Trinajstić information content (AvgIpc) is 2.72. The predicted molar refractivity (Wildman–Crippen MR) is 108 cm³/mol. The molecule has 0 N–H and O–H groups in total. The first kappa shape index (κ1) is 20.9. The smallest absolute Gasteiger partial charge is 0.338 e. The molecule has 3 rings (SSSR count). The fraction of sp³-hybridized carbons (Fsp3) is 0.400. The van der Waals surface area contributed by atoms with Gasteiger partial charge in [-0.3, -0.25) is 14.9 Å². The third-order valence-corrected chi connectivity index (χ3v) is 4.92. The van der Waals surface area contributed by atoms with Crippen LogP contribution in [0.3, 0.4) is 0 Å². The molecule has 1 unspecified atom stereocenters. The first-order valence-electron chi connectivity index (χ1n) is 9.31. The van der Waals surface area contributed by atoms with Crippen LogP contribution in [0.1, 0.15) is 19.4 Å². The van der Waals surface area contributed by atoms with E-state index in [1.165, 1.54) is 0 Å². The van der Waals surface area contributed by atoms with E-state index < -0.39 is 11.7 Å². The highest BCUT2D eigenvalue weighted by molar-refractivity contribution is 6.14. The monoisotopic (exact) mass is 404 g/mol. The van der Waals surface area contributed by atoms with E-state index in [0.717, 1.165) is 36.8 Å². The molecule has 0 bridgehead atoms. The number of dihydropyridines is 1. The van der Waals surface area contributed by atoms with Crippen LogP contribution in [-0.4, -0.2) is 59.0 Å². The minimum absolute atomic E-state index is 0.123. The van der Waals surface area contributed by atoms with Gasteiger partial charge in [0.25, 0.3) is 0 Å². The van der Waals surface area contributed by atoms with Crippen molar-refractivity contribution in [3.63, 3.8) is 0 Å². The summed E-state index contributed by atoms with van der Waals surface area (Å²) in [5.41, 5.74) is 1.57. The van der Waals surface area contributed by atoms with Crippen LogP contribution >= 0.6 is 0 Å². The van der Waals surface area contributed by atoms with Gasteiger partial charge in [-0.25, -0.2) is 9.97 Å². The summed E-state index contributed by atoms with van der Waals surface area (Å²) in [6.45, 7) is 10.6. The van der Waals surface area contributed by atoms with E-state index >= 15 is 0 Å². The average molecular weight is 404 g/mol. The van der Waals surface area contributed by atoms with Gasteiger partial charge in [0, 0.05) is 57.0 Å². The van der Waals surface area contributed by atoms with Crippen LogP contribution in [0.15, 0.2) is 58.6 Å². The van der Waals surface area contributed by atoms with E-state index in [2.05, 4.69) is 38.4 Å². The second-order valence-corrected chi connectivity index (χ2v) is 6.81. The number of hydrogen-bond donors (Lipinski definition) is 0. The second-order valence-electron chi connectivity index (χ2n) is 6.81. The van der Waals surface area contributed by atoms with Crippen molar-refractivity contribution in [1.29, 1.82) is 0 Å². The number of nitrogens with zero attached hydrogens (tertiary/aromatic N) is 6. The zero-order chi connectivity index (χ0) is 21.0. The Morgan fingerprint density at radius 1 is 1.17 bits per heavy atom. The quantitative estimate of drug-likeness (QED) is 0.771. The maximum atomic E-state index is 12.7. The lowest BCUT2D eigenvalue weighted by molar-refractivity contribution is -0.138. The minimum atomic E-state index is -4.43. The third-order valence-electron chi connectivity index (χ3n) is 4.92. The molecule has 0 amide bonds. The summed E-state index contributed by atoms with van der Waals surface area (Å²) in [5, 5.41) is 0. The molecule has 1 saturated heterocycles. The van der Waals surface area contributed by atoms with E-state index in [4.69, 9.17) is 0 Å². The molecule has 0 spiro atoms. The highest BCUT2D eigenvalue weighted by atomic mass is 19.4. The van der Waals surface area contributed by atoms with Gasteiger partial charge in [-0.15, -0.1) is 0 Å². The fourth-order valence-corrected chi connectivity index (χ4v) is 3.14. The van der Waals surface area contributed by atoms with E-state index in [1.54, 1.807) is 6.20 Å². The lowest BCUT2D eigenvalue weighted by atomic mass is 10.0. The molecule has 0 radical (unpaired) electrons. The zero-order valence-corrected chi connectivity index (χ0v) is 16.4. The van der Waals surface area contributed by atoms with Crippen molar-refractivity contribution in [2.75, 3.05) is 31.1 Å². The zero-order valence-electron chi connectivity index (χ0n) is 16.4. The number of halogens is 3. The van der Waals surface area contributed by atoms with Crippen LogP contribution in [0.5, 0.6) is 0 Å². The summed E-state index contributed by atoms with van der Waals surface area (Å²) in [6.07, 6.45) is 4.60.